The summed E-state index contributed by atoms with van der Waals surface area (Å²) in [5.41, 5.74) is 9.47. The average Bonchev–Trinajstić information content (AvgIpc) is 2.48. The molecule has 0 aliphatic heterocycles. The van der Waals surface area contributed by atoms with Gasteiger partial charge in [-0.3, -0.25) is 0 Å². The molecule has 2 amide bonds. The molecule has 0 heterocycles. The van der Waals surface area contributed by atoms with E-state index in [1.165, 1.54) is 0 Å². The maximum absolute atomic E-state index is 11.9. The third-order valence-corrected chi connectivity index (χ3v) is 3.08. The zero-order valence-corrected chi connectivity index (χ0v) is 11.5. The third-order valence-electron chi connectivity index (χ3n) is 3.08. The fourth-order valence-corrected chi connectivity index (χ4v) is 1.88. The summed E-state index contributed by atoms with van der Waals surface area (Å²) >= 11 is 0. The fourth-order valence-electron chi connectivity index (χ4n) is 1.88. The van der Waals surface area contributed by atoms with Crippen LogP contribution < -0.4 is 16.4 Å². The Morgan fingerprint density at radius 2 is 1.85 bits per heavy atom. The minimum atomic E-state index is -0.217. The van der Waals surface area contributed by atoms with E-state index in [2.05, 4.69) is 10.6 Å². The van der Waals surface area contributed by atoms with Crippen LogP contribution in [-0.2, 0) is 13.1 Å². The lowest BCUT2D eigenvalue weighted by atomic mass is 10.1. The first-order valence-corrected chi connectivity index (χ1v) is 6.57. The van der Waals surface area contributed by atoms with Gasteiger partial charge in [0.15, 0.2) is 0 Å². The highest BCUT2D eigenvalue weighted by atomic mass is 16.2. The van der Waals surface area contributed by atoms with Crippen LogP contribution in [-0.4, -0.2) is 6.03 Å². The molecule has 0 bridgehead atoms. The molecular weight excluding hydrogens is 250 g/mol. The average molecular weight is 269 g/mol. The quantitative estimate of drug-likeness (QED) is 0.799. The number of nitrogens with one attached hydrogen (secondary N) is 2. The van der Waals surface area contributed by atoms with Crippen molar-refractivity contribution in [2.24, 2.45) is 5.73 Å². The number of urea groups is 1. The fraction of sp³-hybridized carbons (Fsp3) is 0.188. The Morgan fingerprint density at radius 1 is 1.10 bits per heavy atom. The van der Waals surface area contributed by atoms with Gasteiger partial charge >= 0.3 is 6.03 Å². The molecule has 0 fully saturated rings. The SMILES string of the molecule is Cc1ccc(CN)cc1NC(=O)NCc1ccccc1. The third kappa shape index (κ3) is 3.83. The van der Waals surface area contributed by atoms with Crippen LogP contribution in [0.1, 0.15) is 16.7 Å². The van der Waals surface area contributed by atoms with Crippen LogP contribution in [0.4, 0.5) is 10.5 Å². The molecule has 0 radical (unpaired) electrons. The Hall–Kier alpha value is -2.33. The van der Waals surface area contributed by atoms with Gasteiger partial charge in [-0.05, 0) is 29.7 Å². The Bertz CT molecular complexity index is 582. The summed E-state index contributed by atoms with van der Waals surface area (Å²) in [4.78, 5) is 11.9. The smallest absolute Gasteiger partial charge is 0.319 e. The van der Waals surface area contributed by atoms with Crippen molar-refractivity contribution in [3.63, 3.8) is 0 Å². The molecule has 104 valence electrons. The van der Waals surface area contributed by atoms with E-state index in [0.717, 1.165) is 22.4 Å². The van der Waals surface area contributed by atoms with Crippen LogP contribution >= 0.6 is 0 Å². The first-order chi connectivity index (χ1) is 9.69. The highest BCUT2D eigenvalue weighted by Crippen LogP contribution is 2.16. The summed E-state index contributed by atoms with van der Waals surface area (Å²) in [5.74, 6) is 0. The molecule has 2 aromatic carbocycles. The van der Waals surface area contributed by atoms with E-state index in [4.69, 9.17) is 5.73 Å². The zero-order chi connectivity index (χ0) is 14.4. The van der Waals surface area contributed by atoms with E-state index in [-0.39, 0.29) is 6.03 Å². The monoisotopic (exact) mass is 269 g/mol. The van der Waals surface area contributed by atoms with E-state index in [9.17, 15) is 4.79 Å². The molecule has 2 aromatic rings. The first kappa shape index (κ1) is 14.1. The summed E-state index contributed by atoms with van der Waals surface area (Å²) < 4.78 is 0. The molecule has 0 spiro atoms. The normalized spacial score (nSPS) is 10.1. The Kier molecular flexibility index (Phi) is 4.74. The zero-order valence-electron chi connectivity index (χ0n) is 11.5. The topological polar surface area (TPSA) is 67.1 Å². The van der Waals surface area contributed by atoms with E-state index in [0.29, 0.717) is 13.1 Å². The Morgan fingerprint density at radius 3 is 2.55 bits per heavy atom. The summed E-state index contributed by atoms with van der Waals surface area (Å²) in [5, 5.41) is 5.68. The summed E-state index contributed by atoms with van der Waals surface area (Å²) in [7, 11) is 0. The van der Waals surface area contributed by atoms with Gasteiger partial charge in [-0.2, -0.15) is 0 Å². The standard InChI is InChI=1S/C16H19N3O/c1-12-7-8-14(10-17)9-15(12)19-16(20)18-11-13-5-3-2-4-6-13/h2-9H,10-11,17H2,1H3,(H2,18,19,20). The van der Waals surface area contributed by atoms with Crippen molar-refractivity contribution in [3.05, 3.63) is 65.2 Å². The van der Waals surface area contributed by atoms with Crippen molar-refractivity contribution in [1.29, 1.82) is 0 Å². The van der Waals surface area contributed by atoms with E-state index in [1.807, 2.05) is 55.5 Å². The minimum absolute atomic E-state index is 0.217. The number of hydrogen-bond acceptors (Lipinski definition) is 2. The second kappa shape index (κ2) is 6.73. The molecule has 2 rings (SSSR count). The molecule has 0 atom stereocenters. The van der Waals surface area contributed by atoms with Gasteiger partial charge in [0.25, 0.3) is 0 Å². The molecule has 0 saturated carbocycles. The number of nitrogens with two attached hydrogens (primary N) is 1. The molecule has 0 saturated heterocycles. The van der Waals surface area contributed by atoms with E-state index in [1.54, 1.807) is 0 Å². The molecule has 4 heteroatoms. The van der Waals surface area contributed by atoms with Crippen LogP contribution in [0.5, 0.6) is 0 Å². The molecule has 0 aromatic heterocycles. The number of carbonyl (C=O) groups is 1. The van der Waals surface area contributed by atoms with Crippen molar-refractivity contribution >= 4 is 11.7 Å². The van der Waals surface area contributed by atoms with Crippen molar-refractivity contribution in [1.82, 2.24) is 5.32 Å². The Balaban J connectivity index is 1.94. The van der Waals surface area contributed by atoms with Crippen molar-refractivity contribution in [2.45, 2.75) is 20.0 Å². The minimum Gasteiger partial charge on any atom is -0.334 e. The number of carbonyl (C=O) groups excluding carboxylic acids is 1. The van der Waals surface area contributed by atoms with E-state index >= 15 is 0 Å². The number of aryl methyl sites for hydroxylation is 1. The van der Waals surface area contributed by atoms with Gasteiger partial charge in [0, 0.05) is 18.8 Å². The summed E-state index contributed by atoms with van der Waals surface area (Å²) in [6.45, 7) is 2.91. The van der Waals surface area contributed by atoms with E-state index < -0.39 is 0 Å². The molecule has 0 unspecified atom stereocenters. The van der Waals surface area contributed by atoms with Crippen LogP contribution in [0.3, 0.4) is 0 Å². The number of anilines is 1. The lowest BCUT2D eigenvalue weighted by molar-refractivity contribution is 0.251. The molecular formula is C16H19N3O. The predicted octanol–water partition coefficient (Wildman–Crippen LogP) is 2.78. The molecule has 20 heavy (non-hydrogen) atoms. The molecule has 4 N–H and O–H groups in total. The number of rotatable bonds is 4. The Labute approximate surface area is 119 Å². The van der Waals surface area contributed by atoms with Gasteiger partial charge in [-0.1, -0.05) is 42.5 Å². The van der Waals surface area contributed by atoms with Crippen LogP contribution in [0, 0.1) is 6.92 Å². The van der Waals surface area contributed by atoms with Crippen LogP contribution in [0.15, 0.2) is 48.5 Å². The van der Waals surface area contributed by atoms with Crippen molar-refractivity contribution in [3.8, 4) is 0 Å². The molecule has 0 aliphatic rings. The van der Waals surface area contributed by atoms with Crippen LogP contribution in [0.25, 0.3) is 0 Å². The lowest BCUT2D eigenvalue weighted by Crippen LogP contribution is -2.28. The lowest BCUT2D eigenvalue weighted by Gasteiger charge is -2.11. The second-order valence-corrected chi connectivity index (χ2v) is 4.65. The predicted molar refractivity (Wildman–Crippen MR) is 81.4 cm³/mol. The van der Waals surface area contributed by atoms with Crippen molar-refractivity contribution in [2.75, 3.05) is 5.32 Å². The van der Waals surface area contributed by atoms with Crippen LogP contribution in [0.2, 0.25) is 0 Å². The van der Waals surface area contributed by atoms with Crippen molar-refractivity contribution < 1.29 is 4.79 Å². The second-order valence-electron chi connectivity index (χ2n) is 4.65. The van der Waals surface area contributed by atoms with Gasteiger partial charge < -0.3 is 16.4 Å². The number of hydrogen-bond donors (Lipinski definition) is 3. The highest BCUT2D eigenvalue weighted by molar-refractivity contribution is 5.90. The summed E-state index contributed by atoms with van der Waals surface area (Å²) in [6, 6.07) is 15.4. The maximum Gasteiger partial charge on any atom is 0.319 e. The van der Waals surface area contributed by atoms with Gasteiger partial charge in [-0.25, -0.2) is 4.79 Å². The van der Waals surface area contributed by atoms with Gasteiger partial charge in [0.2, 0.25) is 0 Å². The molecule has 4 nitrogen and oxygen atoms in total. The van der Waals surface area contributed by atoms with Gasteiger partial charge in [0.05, 0.1) is 0 Å². The first-order valence-electron chi connectivity index (χ1n) is 6.57. The van der Waals surface area contributed by atoms with Gasteiger partial charge in [-0.15, -0.1) is 0 Å². The summed E-state index contributed by atoms with van der Waals surface area (Å²) in [6.07, 6.45) is 0. The number of amides is 2. The highest BCUT2D eigenvalue weighted by Gasteiger charge is 2.05. The van der Waals surface area contributed by atoms with Gasteiger partial charge in [0.1, 0.15) is 0 Å². The maximum atomic E-state index is 11.9. The number of benzene rings is 2. The largest absolute Gasteiger partial charge is 0.334 e. The molecule has 0 aliphatic carbocycles.